The van der Waals surface area contributed by atoms with Crippen LogP contribution in [-0.4, -0.2) is 21.6 Å². The van der Waals surface area contributed by atoms with E-state index >= 15 is 0 Å². The second kappa shape index (κ2) is 6.89. The van der Waals surface area contributed by atoms with Gasteiger partial charge in [-0.1, -0.05) is 22.9 Å². The monoisotopic (exact) mass is 260 g/mol. The highest BCUT2D eigenvalue weighted by Crippen LogP contribution is 2.11. The van der Waals surface area contributed by atoms with Gasteiger partial charge >= 0.3 is 0 Å². The summed E-state index contributed by atoms with van der Waals surface area (Å²) in [6.07, 6.45) is 3.89. The molecule has 2 rings (SSSR count). The quantitative estimate of drug-likeness (QED) is 0.772. The standard InChI is InChI=1S/C14H20N4O/c1-12-4-6-14(7-5-12)19-9-3-2-8-18-11-13(10-15)16-17-18/h4-7,11H,2-3,8-10,15H2,1H3. The average molecular weight is 260 g/mol. The minimum absolute atomic E-state index is 0.441. The largest absolute Gasteiger partial charge is 0.494 e. The van der Waals surface area contributed by atoms with Crippen LogP contribution in [0.15, 0.2) is 30.5 Å². The molecule has 0 aliphatic rings. The molecule has 0 saturated heterocycles. The summed E-state index contributed by atoms with van der Waals surface area (Å²) in [4.78, 5) is 0. The second-order valence-electron chi connectivity index (χ2n) is 4.55. The van der Waals surface area contributed by atoms with Crippen LogP contribution in [0.2, 0.25) is 0 Å². The van der Waals surface area contributed by atoms with Crippen LogP contribution in [0.4, 0.5) is 0 Å². The fraction of sp³-hybridized carbons (Fsp3) is 0.429. The summed E-state index contributed by atoms with van der Waals surface area (Å²) >= 11 is 0. The van der Waals surface area contributed by atoms with Crippen molar-refractivity contribution in [3.05, 3.63) is 41.7 Å². The molecule has 2 aromatic rings. The van der Waals surface area contributed by atoms with Crippen molar-refractivity contribution in [2.75, 3.05) is 6.61 Å². The molecule has 0 radical (unpaired) electrons. The van der Waals surface area contributed by atoms with E-state index in [0.717, 1.165) is 37.4 Å². The molecule has 0 unspecified atom stereocenters. The molecule has 1 aromatic heterocycles. The van der Waals surface area contributed by atoms with Crippen molar-refractivity contribution in [1.29, 1.82) is 0 Å². The van der Waals surface area contributed by atoms with Crippen LogP contribution >= 0.6 is 0 Å². The van der Waals surface area contributed by atoms with Gasteiger partial charge in [-0.15, -0.1) is 5.10 Å². The van der Waals surface area contributed by atoms with Gasteiger partial charge in [0, 0.05) is 19.3 Å². The Hall–Kier alpha value is -1.88. The number of ether oxygens (including phenoxy) is 1. The van der Waals surface area contributed by atoms with Crippen molar-refractivity contribution in [2.45, 2.75) is 32.9 Å². The molecule has 0 bridgehead atoms. The van der Waals surface area contributed by atoms with Gasteiger partial charge in [0.2, 0.25) is 0 Å². The molecule has 19 heavy (non-hydrogen) atoms. The van der Waals surface area contributed by atoms with E-state index in [1.54, 1.807) is 0 Å². The SMILES string of the molecule is Cc1ccc(OCCCCn2cc(CN)nn2)cc1. The number of rotatable bonds is 7. The Labute approximate surface area is 113 Å². The average Bonchev–Trinajstić information content (AvgIpc) is 2.88. The Bertz CT molecular complexity index is 492. The fourth-order valence-corrected chi connectivity index (χ4v) is 1.74. The van der Waals surface area contributed by atoms with Gasteiger partial charge in [-0.3, -0.25) is 4.68 Å². The zero-order valence-corrected chi connectivity index (χ0v) is 11.2. The van der Waals surface area contributed by atoms with Crippen LogP contribution in [0.5, 0.6) is 5.75 Å². The van der Waals surface area contributed by atoms with E-state index in [1.165, 1.54) is 5.56 Å². The predicted octanol–water partition coefficient (Wildman–Crippen LogP) is 1.90. The molecule has 0 atom stereocenters. The van der Waals surface area contributed by atoms with Gasteiger partial charge in [0.1, 0.15) is 5.75 Å². The van der Waals surface area contributed by atoms with Gasteiger partial charge in [0.25, 0.3) is 0 Å². The normalized spacial score (nSPS) is 10.6. The highest BCUT2D eigenvalue weighted by atomic mass is 16.5. The third kappa shape index (κ3) is 4.37. The molecule has 5 nitrogen and oxygen atoms in total. The van der Waals surface area contributed by atoms with Crippen LogP contribution < -0.4 is 10.5 Å². The van der Waals surface area contributed by atoms with Gasteiger partial charge in [-0.25, -0.2) is 0 Å². The molecule has 0 aliphatic carbocycles. The molecule has 0 saturated carbocycles. The number of hydrogen-bond donors (Lipinski definition) is 1. The third-order valence-corrected chi connectivity index (χ3v) is 2.87. The molecule has 5 heteroatoms. The Balaban J connectivity index is 1.63. The van der Waals surface area contributed by atoms with Crippen LogP contribution in [0.25, 0.3) is 0 Å². The maximum atomic E-state index is 5.66. The molecular formula is C14H20N4O. The van der Waals surface area contributed by atoms with E-state index in [1.807, 2.05) is 23.0 Å². The first kappa shape index (κ1) is 13.5. The molecule has 0 amide bonds. The minimum Gasteiger partial charge on any atom is -0.494 e. The second-order valence-corrected chi connectivity index (χ2v) is 4.55. The highest BCUT2D eigenvalue weighted by molar-refractivity contribution is 5.26. The van der Waals surface area contributed by atoms with E-state index in [-0.39, 0.29) is 0 Å². The first-order chi connectivity index (χ1) is 9.28. The topological polar surface area (TPSA) is 66.0 Å². The number of nitrogens with zero attached hydrogens (tertiary/aromatic N) is 3. The summed E-state index contributed by atoms with van der Waals surface area (Å²) in [5.74, 6) is 0.928. The van der Waals surface area contributed by atoms with Gasteiger partial charge in [-0.05, 0) is 31.9 Å². The van der Waals surface area contributed by atoms with Crippen molar-refractivity contribution in [3.63, 3.8) is 0 Å². The van der Waals surface area contributed by atoms with Gasteiger partial charge < -0.3 is 10.5 Å². The number of hydrogen-bond acceptors (Lipinski definition) is 4. The molecule has 1 heterocycles. The van der Waals surface area contributed by atoms with Crippen molar-refractivity contribution in [2.24, 2.45) is 5.73 Å². The number of benzene rings is 1. The first-order valence-corrected chi connectivity index (χ1v) is 6.56. The molecule has 0 spiro atoms. The summed E-state index contributed by atoms with van der Waals surface area (Å²) in [6.45, 7) is 4.08. The van der Waals surface area contributed by atoms with Crippen LogP contribution in [0.3, 0.4) is 0 Å². The Morgan fingerprint density at radius 1 is 1.21 bits per heavy atom. The smallest absolute Gasteiger partial charge is 0.119 e. The van der Waals surface area contributed by atoms with Gasteiger partial charge in [-0.2, -0.15) is 0 Å². The third-order valence-electron chi connectivity index (χ3n) is 2.87. The van der Waals surface area contributed by atoms with E-state index < -0.39 is 0 Å². The van der Waals surface area contributed by atoms with E-state index in [4.69, 9.17) is 10.5 Å². The van der Waals surface area contributed by atoms with Crippen molar-refractivity contribution in [3.8, 4) is 5.75 Å². The van der Waals surface area contributed by atoms with E-state index in [0.29, 0.717) is 6.54 Å². The lowest BCUT2D eigenvalue weighted by Crippen LogP contribution is -2.03. The zero-order valence-electron chi connectivity index (χ0n) is 11.2. The Kier molecular flexibility index (Phi) is 4.92. The van der Waals surface area contributed by atoms with Crippen molar-refractivity contribution in [1.82, 2.24) is 15.0 Å². The molecule has 0 aliphatic heterocycles. The molecule has 102 valence electrons. The highest BCUT2D eigenvalue weighted by Gasteiger charge is 1.98. The summed E-state index contributed by atoms with van der Waals surface area (Å²) in [5.41, 5.74) is 7.55. The van der Waals surface area contributed by atoms with Crippen molar-refractivity contribution < 1.29 is 4.74 Å². The Morgan fingerprint density at radius 3 is 2.68 bits per heavy atom. The first-order valence-electron chi connectivity index (χ1n) is 6.56. The van der Waals surface area contributed by atoms with Crippen LogP contribution in [-0.2, 0) is 13.1 Å². The molecular weight excluding hydrogens is 240 g/mol. The lowest BCUT2D eigenvalue weighted by molar-refractivity contribution is 0.301. The van der Waals surface area contributed by atoms with E-state index in [2.05, 4.69) is 29.4 Å². The maximum absolute atomic E-state index is 5.66. The lowest BCUT2D eigenvalue weighted by atomic mass is 10.2. The maximum Gasteiger partial charge on any atom is 0.119 e. The number of nitrogens with two attached hydrogens (primary N) is 1. The van der Waals surface area contributed by atoms with E-state index in [9.17, 15) is 0 Å². The summed E-state index contributed by atoms with van der Waals surface area (Å²) < 4.78 is 7.49. The minimum atomic E-state index is 0.441. The zero-order chi connectivity index (χ0) is 13.5. The molecule has 1 aromatic carbocycles. The molecule has 2 N–H and O–H groups in total. The summed E-state index contributed by atoms with van der Waals surface area (Å²) in [7, 11) is 0. The number of aromatic nitrogens is 3. The predicted molar refractivity (Wildman–Crippen MR) is 73.8 cm³/mol. The Morgan fingerprint density at radius 2 is 2.00 bits per heavy atom. The van der Waals surface area contributed by atoms with Crippen LogP contribution in [0, 0.1) is 6.92 Å². The number of unbranched alkanes of at least 4 members (excludes halogenated alkanes) is 1. The van der Waals surface area contributed by atoms with Gasteiger partial charge in [0.15, 0.2) is 0 Å². The number of aryl methyl sites for hydroxylation is 2. The fourth-order valence-electron chi connectivity index (χ4n) is 1.74. The lowest BCUT2D eigenvalue weighted by Gasteiger charge is -2.06. The summed E-state index contributed by atoms with van der Waals surface area (Å²) in [5, 5.41) is 7.94. The summed E-state index contributed by atoms with van der Waals surface area (Å²) in [6, 6.07) is 8.11. The van der Waals surface area contributed by atoms with Crippen LogP contribution in [0.1, 0.15) is 24.1 Å². The molecule has 0 fully saturated rings. The van der Waals surface area contributed by atoms with Crippen molar-refractivity contribution >= 4 is 0 Å². The van der Waals surface area contributed by atoms with Gasteiger partial charge in [0.05, 0.1) is 12.3 Å².